The van der Waals surface area contributed by atoms with Crippen LogP contribution in [0, 0.1) is 5.82 Å². The summed E-state index contributed by atoms with van der Waals surface area (Å²) < 4.78 is 18.5. The molecule has 3 aromatic rings. The lowest BCUT2D eigenvalue weighted by Gasteiger charge is -2.06. The molecule has 0 aliphatic rings. The first kappa shape index (κ1) is 15.7. The van der Waals surface area contributed by atoms with Gasteiger partial charge in [0.25, 0.3) is 0 Å². The molecular formula is C19H16FN3O. The van der Waals surface area contributed by atoms with Crippen molar-refractivity contribution in [3.8, 4) is 5.75 Å². The van der Waals surface area contributed by atoms with Gasteiger partial charge in [0, 0.05) is 12.4 Å². The molecule has 120 valence electrons. The van der Waals surface area contributed by atoms with Gasteiger partial charge in [0.2, 0.25) is 0 Å². The number of rotatable bonds is 5. The van der Waals surface area contributed by atoms with Gasteiger partial charge in [0.1, 0.15) is 29.7 Å². The summed E-state index contributed by atoms with van der Waals surface area (Å²) in [6, 6.07) is 17.4. The third-order valence-corrected chi connectivity index (χ3v) is 3.37. The van der Waals surface area contributed by atoms with Crippen molar-refractivity contribution in [1.82, 2.24) is 4.98 Å². The molecule has 0 bridgehead atoms. The molecule has 0 saturated carbocycles. The Morgan fingerprint density at radius 2 is 1.79 bits per heavy atom. The molecule has 0 amide bonds. The number of halogens is 1. The third kappa shape index (κ3) is 4.16. The number of aromatic nitrogens is 1. The number of hydrogen-bond acceptors (Lipinski definition) is 4. The first-order chi connectivity index (χ1) is 11.7. The molecule has 1 heterocycles. The summed E-state index contributed by atoms with van der Waals surface area (Å²) in [6.07, 6.45) is 3.35. The van der Waals surface area contributed by atoms with Crippen LogP contribution in [0.1, 0.15) is 11.1 Å². The van der Waals surface area contributed by atoms with Crippen molar-refractivity contribution < 1.29 is 9.13 Å². The minimum Gasteiger partial charge on any atom is -0.489 e. The molecule has 0 aliphatic heterocycles. The predicted octanol–water partition coefficient (Wildman–Crippen LogP) is 4.13. The van der Waals surface area contributed by atoms with Crippen LogP contribution in [0.2, 0.25) is 0 Å². The highest BCUT2D eigenvalue weighted by atomic mass is 19.1. The second kappa shape index (κ2) is 7.37. The van der Waals surface area contributed by atoms with Crippen molar-refractivity contribution in [2.45, 2.75) is 6.61 Å². The van der Waals surface area contributed by atoms with Gasteiger partial charge >= 0.3 is 0 Å². The molecule has 0 atom stereocenters. The summed E-state index contributed by atoms with van der Waals surface area (Å²) in [7, 11) is 0. The van der Waals surface area contributed by atoms with Gasteiger partial charge in [-0.1, -0.05) is 12.1 Å². The van der Waals surface area contributed by atoms with Gasteiger partial charge in [0.05, 0.1) is 0 Å². The first-order valence-electron chi connectivity index (χ1n) is 7.42. The Hall–Kier alpha value is -3.21. The summed E-state index contributed by atoms with van der Waals surface area (Å²) in [5.74, 6) is 0.877. The van der Waals surface area contributed by atoms with Gasteiger partial charge in [-0.05, 0) is 59.7 Å². The van der Waals surface area contributed by atoms with Crippen molar-refractivity contribution >= 4 is 17.7 Å². The van der Waals surface area contributed by atoms with Gasteiger partial charge in [-0.25, -0.2) is 9.37 Å². The number of anilines is 1. The molecule has 0 spiro atoms. The molecule has 5 heteroatoms. The molecule has 0 radical (unpaired) electrons. The zero-order valence-corrected chi connectivity index (χ0v) is 12.9. The van der Waals surface area contributed by atoms with Crippen LogP contribution in [0.5, 0.6) is 5.75 Å². The van der Waals surface area contributed by atoms with Gasteiger partial charge in [-0.15, -0.1) is 0 Å². The maximum absolute atomic E-state index is 12.8. The average Bonchev–Trinajstić information content (AvgIpc) is 2.61. The number of nitrogens with zero attached hydrogens (tertiary/aromatic N) is 2. The summed E-state index contributed by atoms with van der Waals surface area (Å²) in [6.45, 7) is 0.389. The van der Waals surface area contributed by atoms with E-state index in [9.17, 15) is 4.39 Å². The normalized spacial score (nSPS) is 10.9. The van der Waals surface area contributed by atoms with Crippen molar-refractivity contribution in [3.05, 3.63) is 83.8 Å². The monoisotopic (exact) mass is 321 g/mol. The van der Waals surface area contributed by atoms with E-state index in [4.69, 9.17) is 10.5 Å². The van der Waals surface area contributed by atoms with Gasteiger partial charge in [-0.3, -0.25) is 4.99 Å². The Kier molecular flexibility index (Phi) is 4.81. The fourth-order valence-corrected chi connectivity index (χ4v) is 2.06. The second-order valence-corrected chi connectivity index (χ2v) is 5.15. The quantitative estimate of drug-likeness (QED) is 0.719. The minimum absolute atomic E-state index is 0.253. The highest BCUT2D eigenvalue weighted by Crippen LogP contribution is 2.18. The number of hydrogen-bond donors (Lipinski definition) is 1. The molecule has 0 saturated heterocycles. The maximum atomic E-state index is 12.8. The third-order valence-electron chi connectivity index (χ3n) is 3.37. The number of ether oxygens (including phenoxy) is 1. The molecule has 0 unspecified atom stereocenters. The van der Waals surface area contributed by atoms with E-state index in [2.05, 4.69) is 9.98 Å². The molecule has 4 nitrogen and oxygen atoms in total. The number of nitrogen functional groups attached to an aromatic ring is 1. The van der Waals surface area contributed by atoms with Crippen LogP contribution >= 0.6 is 0 Å². The lowest BCUT2D eigenvalue weighted by atomic mass is 10.2. The zero-order chi connectivity index (χ0) is 16.8. The number of benzene rings is 2. The lowest BCUT2D eigenvalue weighted by Crippen LogP contribution is -1.95. The van der Waals surface area contributed by atoms with Crippen LogP contribution in [-0.2, 0) is 6.61 Å². The van der Waals surface area contributed by atoms with Crippen LogP contribution < -0.4 is 10.5 Å². The summed E-state index contributed by atoms with van der Waals surface area (Å²) in [4.78, 5) is 8.30. The molecule has 0 fully saturated rings. The molecule has 1 aromatic heterocycles. The molecule has 3 rings (SSSR count). The SMILES string of the molecule is Nc1ncccc1N=Cc1ccc(OCc2ccc(F)cc2)cc1. The van der Waals surface area contributed by atoms with Crippen LogP contribution in [0.4, 0.5) is 15.9 Å². The van der Waals surface area contributed by atoms with E-state index < -0.39 is 0 Å². The van der Waals surface area contributed by atoms with E-state index in [1.165, 1.54) is 12.1 Å². The van der Waals surface area contributed by atoms with E-state index in [1.807, 2.05) is 24.3 Å². The summed E-state index contributed by atoms with van der Waals surface area (Å²) in [5, 5.41) is 0. The number of aliphatic imine (C=N–C) groups is 1. The summed E-state index contributed by atoms with van der Waals surface area (Å²) in [5.41, 5.74) is 8.21. The highest BCUT2D eigenvalue weighted by molar-refractivity contribution is 5.83. The van der Waals surface area contributed by atoms with Gasteiger partial charge < -0.3 is 10.5 Å². The van der Waals surface area contributed by atoms with Crippen molar-refractivity contribution in [2.75, 3.05) is 5.73 Å². The Balaban J connectivity index is 1.61. The number of pyridine rings is 1. The fourth-order valence-electron chi connectivity index (χ4n) is 2.06. The van der Waals surface area contributed by atoms with Crippen LogP contribution in [0.25, 0.3) is 0 Å². The molecule has 2 N–H and O–H groups in total. The molecule has 0 aliphatic carbocycles. The topological polar surface area (TPSA) is 60.5 Å². The first-order valence-corrected chi connectivity index (χ1v) is 7.42. The molecular weight excluding hydrogens is 305 g/mol. The van der Waals surface area contributed by atoms with E-state index in [-0.39, 0.29) is 5.82 Å². The Bertz CT molecular complexity index is 830. The average molecular weight is 321 g/mol. The lowest BCUT2D eigenvalue weighted by molar-refractivity contribution is 0.306. The molecule has 2 aromatic carbocycles. The van der Waals surface area contributed by atoms with Crippen molar-refractivity contribution in [3.63, 3.8) is 0 Å². The summed E-state index contributed by atoms with van der Waals surface area (Å²) >= 11 is 0. The smallest absolute Gasteiger partial charge is 0.149 e. The van der Waals surface area contributed by atoms with Gasteiger partial charge in [0.15, 0.2) is 0 Å². The predicted molar refractivity (Wildman–Crippen MR) is 93.1 cm³/mol. The van der Waals surface area contributed by atoms with Crippen molar-refractivity contribution in [1.29, 1.82) is 0 Å². The van der Waals surface area contributed by atoms with Crippen LogP contribution in [0.3, 0.4) is 0 Å². The Morgan fingerprint density at radius 1 is 1.04 bits per heavy atom. The zero-order valence-electron chi connectivity index (χ0n) is 12.9. The molecule has 24 heavy (non-hydrogen) atoms. The van der Waals surface area contributed by atoms with E-state index >= 15 is 0 Å². The minimum atomic E-state index is -0.253. The standard InChI is InChI=1S/C19H16FN3O/c20-16-7-3-15(4-8-16)13-24-17-9-5-14(6-10-17)12-23-18-2-1-11-22-19(18)21/h1-12H,13H2,(H2,21,22). The maximum Gasteiger partial charge on any atom is 0.149 e. The number of nitrogens with two attached hydrogens (primary N) is 1. The Morgan fingerprint density at radius 3 is 2.50 bits per heavy atom. The van der Waals surface area contributed by atoms with Crippen LogP contribution in [0.15, 0.2) is 71.9 Å². The van der Waals surface area contributed by atoms with E-state index in [1.54, 1.807) is 36.7 Å². The largest absolute Gasteiger partial charge is 0.489 e. The highest BCUT2D eigenvalue weighted by Gasteiger charge is 1.98. The van der Waals surface area contributed by atoms with Crippen molar-refractivity contribution in [2.24, 2.45) is 4.99 Å². The Labute approximate surface area is 139 Å². The fraction of sp³-hybridized carbons (Fsp3) is 0.0526. The second-order valence-electron chi connectivity index (χ2n) is 5.15. The van der Waals surface area contributed by atoms with E-state index in [0.29, 0.717) is 18.1 Å². The van der Waals surface area contributed by atoms with Gasteiger partial charge in [-0.2, -0.15) is 0 Å². The van der Waals surface area contributed by atoms with E-state index in [0.717, 1.165) is 16.9 Å². The van der Waals surface area contributed by atoms with Crippen LogP contribution in [-0.4, -0.2) is 11.2 Å².